The molecule has 0 aromatic heterocycles. The van der Waals surface area contributed by atoms with Crippen molar-refractivity contribution in [3.8, 4) is 17.2 Å². The number of ether oxygens (including phenoxy) is 3. The number of aliphatic hydroxyl groups excluding tert-OH is 1. The lowest BCUT2D eigenvalue weighted by molar-refractivity contribution is -0.116. The molecule has 6 nitrogen and oxygen atoms in total. The molecule has 25 heavy (non-hydrogen) atoms. The van der Waals surface area contributed by atoms with Gasteiger partial charge in [0.2, 0.25) is 5.75 Å². The number of Topliss-reactive ketones (excluding diaryl/α,β-unsaturated/α-hetero) is 1. The lowest BCUT2D eigenvalue weighted by Gasteiger charge is -2.25. The molecule has 2 aliphatic rings. The van der Waals surface area contributed by atoms with Crippen LogP contribution in [0.5, 0.6) is 17.2 Å². The quantitative estimate of drug-likeness (QED) is 0.866. The van der Waals surface area contributed by atoms with E-state index >= 15 is 0 Å². The zero-order valence-electron chi connectivity index (χ0n) is 14.5. The zero-order chi connectivity index (χ0) is 18.0. The highest BCUT2D eigenvalue weighted by Crippen LogP contribution is 2.43. The van der Waals surface area contributed by atoms with Gasteiger partial charge in [0.25, 0.3) is 0 Å². The second-order valence-electron chi connectivity index (χ2n) is 5.84. The van der Waals surface area contributed by atoms with E-state index < -0.39 is 0 Å². The Kier molecular flexibility index (Phi) is 5.22. The minimum Gasteiger partial charge on any atom is -0.511 e. The molecule has 0 spiro atoms. The summed E-state index contributed by atoms with van der Waals surface area (Å²) in [7, 11) is 4.65. The van der Waals surface area contributed by atoms with Crippen LogP contribution >= 0.6 is 11.8 Å². The van der Waals surface area contributed by atoms with E-state index in [1.807, 2.05) is 12.1 Å². The van der Waals surface area contributed by atoms with Gasteiger partial charge in [0.15, 0.2) is 17.3 Å². The summed E-state index contributed by atoms with van der Waals surface area (Å²) in [6.45, 7) is 0.695. The van der Waals surface area contributed by atoms with Gasteiger partial charge in [-0.25, -0.2) is 0 Å². The number of aliphatic hydroxyl groups is 1. The number of carbonyl (C=O) groups is 1. The lowest BCUT2D eigenvalue weighted by atomic mass is 9.82. The Labute approximate surface area is 150 Å². The number of hydrogen-bond donors (Lipinski definition) is 1. The van der Waals surface area contributed by atoms with Crippen LogP contribution < -0.4 is 14.2 Å². The Morgan fingerprint density at radius 1 is 1.12 bits per heavy atom. The Hall–Kier alpha value is -2.15. The minimum absolute atomic E-state index is 0.0735. The van der Waals surface area contributed by atoms with Crippen LogP contribution in [0.1, 0.15) is 24.3 Å². The van der Waals surface area contributed by atoms with Gasteiger partial charge in [-0.3, -0.25) is 9.79 Å². The van der Waals surface area contributed by atoms with Gasteiger partial charge in [0, 0.05) is 25.1 Å². The molecule has 3 rings (SSSR count). The zero-order valence-corrected chi connectivity index (χ0v) is 15.3. The van der Waals surface area contributed by atoms with E-state index in [2.05, 4.69) is 4.99 Å². The van der Waals surface area contributed by atoms with Crippen molar-refractivity contribution in [2.24, 2.45) is 4.99 Å². The van der Waals surface area contributed by atoms with Crippen molar-refractivity contribution < 1.29 is 24.1 Å². The number of carbonyl (C=O) groups excluding carboxylic acids is 1. The van der Waals surface area contributed by atoms with E-state index in [1.54, 1.807) is 21.3 Å². The van der Waals surface area contributed by atoms with Crippen molar-refractivity contribution in [2.75, 3.05) is 33.6 Å². The number of ketones is 1. The molecule has 0 amide bonds. The van der Waals surface area contributed by atoms with Gasteiger partial charge in [0.05, 0.1) is 26.9 Å². The van der Waals surface area contributed by atoms with E-state index in [9.17, 15) is 9.90 Å². The number of hydrogen-bond acceptors (Lipinski definition) is 7. The highest BCUT2D eigenvalue weighted by molar-refractivity contribution is 8.14. The lowest BCUT2D eigenvalue weighted by Crippen LogP contribution is -2.22. The van der Waals surface area contributed by atoms with Crippen LogP contribution in [0.25, 0.3) is 0 Å². The predicted octanol–water partition coefficient (Wildman–Crippen LogP) is 3.12. The van der Waals surface area contributed by atoms with Gasteiger partial charge in [-0.15, -0.1) is 11.8 Å². The molecular formula is C18H21NO5S. The van der Waals surface area contributed by atoms with Crippen molar-refractivity contribution in [2.45, 2.75) is 18.8 Å². The Balaban J connectivity index is 1.95. The van der Waals surface area contributed by atoms with Crippen LogP contribution in [0.4, 0.5) is 0 Å². The molecule has 0 radical (unpaired) electrons. The molecule has 1 aliphatic carbocycles. The second kappa shape index (κ2) is 7.39. The number of benzene rings is 1. The molecule has 0 saturated heterocycles. The predicted molar refractivity (Wildman–Crippen MR) is 97.5 cm³/mol. The molecule has 1 unspecified atom stereocenters. The van der Waals surface area contributed by atoms with E-state index in [1.165, 1.54) is 11.8 Å². The van der Waals surface area contributed by atoms with Crippen LogP contribution in [0.3, 0.4) is 0 Å². The van der Waals surface area contributed by atoms with Crippen LogP contribution in [0, 0.1) is 0 Å². The van der Waals surface area contributed by atoms with Crippen LogP contribution in [-0.4, -0.2) is 49.6 Å². The van der Waals surface area contributed by atoms with Crippen LogP contribution in [0.2, 0.25) is 0 Å². The molecule has 1 aliphatic heterocycles. The van der Waals surface area contributed by atoms with Crippen LogP contribution in [0.15, 0.2) is 28.5 Å². The van der Waals surface area contributed by atoms with Crippen molar-refractivity contribution >= 4 is 22.6 Å². The third-order valence-electron chi connectivity index (χ3n) is 4.40. The number of aliphatic imine (C=N–C) groups is 1. The first-order valence-corrected chi connectivity index (χ1v) is 9.00. The summed E-state index contributed by atoms with van der Waals surface area (Å²) in [6, 6.07) is 3.67. The summed E-state index contributed by atoms with van der Waals surface area (Å²) in [5, 5.41) is 11.1. The molecule has 0 bridgehead atoms. The van der Waals surface area contributed by atoms with E-state index in [0.717, 1.165) is 11.3 Å². The number of thioether (sulfide) groups is 1. The standard InChI is InChI=1S/C18H21NO5S/c1-22-14-8-11(9-15(23-2)17(14)24-3)10-6-12(20)16(13(21)7-10)18-19-4-5-25-18/h8-10,20H,4-7H2,1-3H3. The fourth-order valence-electron chi connectivity index (χ4n) is 3.20. The molecule has 0 fully saturated rings. The third-order valence-corrected chi connectivity index (χ3v) is 5.39. The van der Waals surface area contributed by atoms with Gasteiger partial charge in [-0.2, -0.15) is 0 Å². The Morgan fingerprint density at radius 2 is 1.80 bits per heavy atom. The van der Waals surface area contributed by atoms with E-state index in [-0.39, 0.29) is 17.5 Å². The van der Waals surface area contributed by atoms with Gasteiger partial charge < -0.3 is 19.3 Å². The van der Waals surface area contributed by atoms with E-state index in [4.69, 9.17) is 14.2 Å². The topological polar surface area (TPSA) is 77.4 Å². The summed E-state index contributed by atoms with van der Waals surface area (Å²) in [4.78, 5) is 16.9. The fourth-order valence-corrected chi connectivity index (χ4v) is 4.13. The van der Waals surface area contributed by atoms with Crippen molar-refractivity contribution in [1.29, 1.82) is 0 Å². The first kappa shape index (κ1) is 17.7. The highest BCUT2D eigenvalue weighted by atomic mass is 32.2. The van der Waals surface area contributed by atoms with Gasteiger partial charge in [-0.05, 0) is 23.6 Å². The number of allylic oxidation sites excluding steroid dienone is 1. The normalized spacial score (nSPS) is 20.5. The molecule has 1 aromatic rings. The highest BCUT2D eigenvalue weighted by Gasteiger charge is 2.33. The molecule has 1 heterocycles. The smallest absolute Gasteiger partial charge is 0.203 e. The van der Waals surface area contributed by atoms with Gasteiger partial charge in [0.1, 0.15) is 10.8 Å². The molecule has 1 atom stereocenters. The summed E-state index contributed by atoms with van der Waals surface area (Å²) in [5.74, 6) is 2.34. The maximum Gasteiger partial charge on any atom is 0.203 e. The maximum atomic E-state index is 12.6. The first-order valence-electron chi connectivity index (χ1n) is 8.01. The summed E-state index contributed by atoms with van der Waals surface area (Å²) >= 11 is 1.53. The Morgan fingerprint density at radius 3 is 2.28 bits per heavy atom. The van der Waals surface area contributed by atoms with Crippen molar-refractivity contribution in [3.63, 3.8) is 0 Å². The maximum absolute atomic E-state index is 12.6. The number of rotatable bonds is 5. The average Bonchev–Trinajstić information content (AvgIpc) is 3.13. The second-order valence-corrected chi connectivity index (χ2v) is 6.93. The van der Waals surface area contributed by atoms with Gasteiger partial charge in [-0.1, -0.05) is 0 Å². The van der Waals surface area contributed by atoms with Gasteiger partial charge >= 0.3 is 0 Å². The first-order chi connectivity index (χ1) is 12.1. The fraction of sp³-hybridized carbons (Fsp3) is 0.444. The average molecular weight is 363 g/mol. The number of nitrogens with zero attached hydrogens (tertiary/aromatic N) is 1. The van der Waals surface area contributed by atoms with Crippen molar-refractivity contribution in [1.82, 2.24) is 0 Å². The largest absolute Gasteiger partial charge is 0.511 e. The SMILES string of the molecule is COc1cc(C2CC(=O)C(C3=NCCS3)=C(O)C2)cc(OC)c1OC. The monoisotopic (exact) mass is 363 g/mol. The molecule has 7 heteroatoms. The molecule has 1 N–H and O–H groups in total. The van der Waals surface area contributed by atoms with Crippen molar-refractivity contribution in [3.05, 3.63) is 29.0 Å². The molecule has 1 aromatic carbocycles. The summed E-state index contributed by atoms with van der Waals surface area (Å²) < 4.78 is 16.1. The third kappa shape index (κ3) is 3.33. The molecule has 0 saturated carbocycles. The molecule has 134 valence electrons. The van der Waals surface area contributed by atoms with E-state index in [0.29, 0.717) is 47.3 Å². The number of methoxy groups -OCH3 is 3. The molecular weight excluding hydrogens is 342 g/mol. The minimum atomic E-state index is -0.142. The van der Waals surface area contributed by atoms with Crippen LogP contribution in [-0.2, 0) is 4.79 Å². The summed E-state index contributed by atoms with van der Waals surface area (Å²) in [5.41, 5.74) is 1.26. The Bertz CT molecular complexity index is 731. The summed E-state index contributed by atoms with van der Waals surface area (Å²) in [6.07, 6.45) is 0.705.